The highest BCUT2D eigenvalue weighted by Gasteiger charge is 2.27. The van der Waals surface area contributed by atoms with Gasteiger partial charge in [0, 0.05) is 18.0 Å². The summed E-state index contributed by atoms with van der Waals surface area (Å²) in [6.07, 6.45) is 8.89. The Morgan fingerprint density at radius 2 is 1.74 bits per heavy atom. The van der Waals surface area contributed by atoms with Gasteiger partial charge in [-0.05, 0) is 81.0 Å². The van der Waals surface area contributed by atoms with E-state index in [1.54, 1.807) is 48.5 Å². The molecule has 0 spiro atoms. The Morgan fingerprint density at radius 1 is 1.06 bits per heavy atom. The zero-order valence-electron chi connectivity index (χ0n) is 20.6. The molecule has 0 aliphatic heterocycles. The van der Waals surface area contributed by atoms with Crippen LogP contribution in [0.4, 0.5) is 5.69 Å². The Morgan fingerprint density at radius 3 is 2.37 bits per heavy atom. The van der Waals surface area contributed by atoms with Gasteiger partial charge in [-0.25, -0.2) is 8.42 Å². The third kappa shape index (κ3) is 8.15. The van der Waals surface area contributed by atoms with Crippen molar-refractivity contribution >= 4 is 33.4 Å². The van der Waals surface area contributed by atoms with Crippen molar-refractivity contribution in [2.24, 2.45) is 0 Å². The van der Waals surface area contributed by atoms with Gasteiger partial charge in [0.2, 0.25) is 5.91 Å². The summed E-state index contributed by atoms with van der Waals surface area (Å²) in [4.78, 5) is 13.9. The summed E-state index contributed by atoms with van der Waals surface area (Å²) in [6, 6.07) is 13.4. The molecular weight excluding hydrogens is 484 g/mol. The van der Waals surface area contributed by atoms with Gasteiger partial charge in [0.05, 0.1) is 23.3 Å². The Hall–Kier alpha value is -2.23. The van der Waals surface area contributed by atoms with Crippen LogP contribution >= 0.6 is 11.8 Å². The highest BCUT2D eigenvalue weighted by Crippen LogP contribution is 2.27. The number of carbonyl (C=O) groups excluding carboxylic acids is 1. The van der Waals surface area contributed by atoms with E-state index in [0.29, 0.717) is 43.7 Å². The van der Waals surface area contributed by atoms with Gasteiger partial charge in [-0.2, -0.15) is 0 Å². The first kappa shape index (κ1) is 27.4. The van der Waals surface area contributed by atoms with Crippen LogP contribution in [0.25, 0.3) is 0 Å². The standard InChI is InChI=1S/C26H36N2O5S2/c1-3-32-23-12-10-21(11-13-23)28(35(30,31)25-16-14-24(34-2)15-17-25)20-26(29)27-18-7-19-33-22-8-5-4-6-9-22/h10-17,22H,3-9,18-20H2,1-2H3,(H,27,29). The van der Waals surface area contributed by atoms with E-state index in [1.807, 2.05) is 13.2 Å². The first-order valence-electron chi connectivity index (χ1n) is 12.2. The van der Waals surface area contributed by atoms with Gasteiger partial charge < -0.3 is 14.8 Å². The van der Waals surface area contributed by atoms with E-state index < -0.39 is 10.0 Å². The molecule has 35 heavy (non-hydrogen) atoms. The first-order valence-corrected chi connectivity index (χ1v) is 14.9. The molecule has 7 nitrogen and oxygen atoms in total. The maximum Gasteiger partial charge on any atom is 0.264 e. The number of nitrogens with one attached hydrogen (secondary N) is 1. The van der Waals surface area contributed by atoms with Gasteiger partial charge in [0.1, 0.15) is 12.3 Å². The normalized spacial score (nSPS) is 14.5. The van der Waals surface area contributed by atoms with Crippen molar-refractivity contribution in [3.8, 4) is 5.75 Å². The summed E-state index contributed by atoms with van der Waals surface area (Å²) < 4.78 is 39.6. The van der Waals surface area contributed by atoms with Crippen LogP contribution in [0.2, 0.25) is 0 Å². The minimum atomic E-state index is -3.95. The maximum atomic E-state index is 13.5. The fraction of sp³-hybridized carbons (Fsp3) is 0.500. The quantitative estimate of drug-likeness (QED) is 0.300. The van der Waals surface area contributed by atoms with E-state index in [2.05, 4.69) is 5.32 Å². The number of ether oxygens (including phenoxy) is 2. The summed E-state index contributed by atoms with van der Waals surface area (Å²) in [5.74, 6) is 0.279. The predicted molar refractivity (Wildman–Crippen MR) is 141 cm³/mol. The summed E-state index contributed by atoms with van der Waals surface area (Å²) in [5.41, 5.74) is 0.401. The van der Waals surface area contributed by atoms with Crippen molar-refractivity contribution in [3.63, 3.8) is 0 Å². The average molecular weight is 521 g/mol. The SMILES string of the molecule is CCOc1ccc(N(CC(=O)NCCCOC2CCCCC2)S(=O)(=O)c2ccc(SC)cc2)cc1. The zero-order valence-corrected chi connectivity index (χ0v) is 22.2. The van der Waals surface area contributed by atoms with E-state index in [9.17, 15) is 13.2 Å². The van der Waals surface area contributed by atoms with Gasteiger partial charge in [0.25, 0.3) is 10.0 Å². The number of hydrogen-bond acceptors (Lipinski definition) is 6. The molecule has 0 unspecified atom stereocenters. The lowest BCUT2D eigenvalue weighted by molar-refractivity contribution is -0.119. The monoisotopic (exact) mass is 520 g/mol. The van der Waals surface area contributed by atoms with Gasteiger partial charge in [-0.15, -0.1) is 11.8 Å². The molecule has 1 fully saturated rings. The van der Waals surface area contributed by atoms with Crippen LogP contribution in [0.3, 0.4) is 0 Å². The van der Waals surface area contributed by atoms with Crippen LogP contribution in [-0.2, 0) is 19.6 Å². The average Bonchev–Trinajstić information content (AvgIpc) is 2.88. The third-order valence-electron chi connectivity index (χ3n) is 5.92. The Labute approximate surface area is 213 Å². The molecule has 0 atom stereocenters. The lowest BCUT2D eigenvalue weighted by Gasteiger charge is -2.24. The van der Waals surface area contributed by atoms with Gasteiger partial charge >= 0.3 is 0 Å². The topological polar surface area (TPSA) is 84.9 Å². The number of nitrogens with zero attached hydrogens (tertiary/aromatic N) is 1. The fourth-order valence-electron chi connectivity index (χ4n) is 4.03. The van der Waals surface area contributed by atoms with Crippen LogP contribution in [0, 0.1) is 0 Å². The second-order valence-electron chi connectivity index (χ2n) is 8.45. The number of benzene rings is 2. The molecular formula is C26H36N2O5S2. The van der Waals surface area contributed by atoms with E-state index >= 15 is 0 Å². The molecule has 0 saturated heterocycles. The van der Waals surface area contributed by atoms with Crippen molar-refractivity contribution in [1.29, 1.82) is 0 Å². The molecule has 0 bridgehead atoms. The highest BCUT2D eigenvalue weighted by molar-refractivity contribution is 7.98. The fourth-order valence-corrected chi connectivity index (χ4v) is 5.86. The number of hydrogen-bond donors (Lipinski definition) is 1. The molecule has 3 rings (SSSR count). The van der Waals surface area contributed by atoms with Crippen LogP contribution in [0.15, 0.2) is 58.3 Å². The Kier molecular flexibility index (Phi) is 10.7. The van der Waals surface area contributed by atoms with Crippen molar-refractivity contribution in [2.45, 2.75) is 61.3 Å². The smallest absolute Gasteiger partial charge is 0.264 e. The molecule has 192 valence electrons. The largest absolute Gasteiger partial charge is 0.494 e. The summed E-state index contributed by atoms with van der Waals surface area (Å²) >= 11 is 1.54. The number of sulfonamides is 1. The summed E-state index contributed by atoms with van der Waals surface area (Å²) in [6.45, 7) is 3.10. The lowest BCUT2D eigenvalue weighted by Crippen LogP contribution is -2.41. The minimum Gasteiger partial charge on any atom is -0.494 e. The molecule has 1 amide bonds. The lowest BCUT2D eigenvalue weighted by atomic mass is 9.98. The van der Waals surface area contributed by atoms with Crippen LogP contribution in [0.5, 0.6) is 5.75 Å². The number of amides is 1. The summed E-state index contributed by atoms with van der Waals surface area (Å²) in [5, 5.41) is 2.84. The second-order valence-corrected chi connectivity index (χ2v) is 11.2. The van der Waals surface area contributed by atoms with Gasteiger partial charge in [-0.1, -0.05) is 19.3 Å². The number of anilines is 1. The predicted octanol–water partition coefficient (Wildman–Crippen LogP) is 4.86. The molecule has 2 aromatic carbocycles. The molecule has 0 radical (unpaired) electrons. The molecule has 1 saturated carbocycles. The van der Waals surface area contributed by atoms with Crippen molar-refractivity contribution in [3.05, 3.63) is 48.5 Å². The van der Waals surface area contributed by atoms with Crippen LogP contribution in [-0.4, -0.2) is 53.0 Å². The van der Waals surface area contributed by atoms with Gasteiger partial charge in [0.15, 0.2) is 0 Å². The van der Waals surface area contributed by atoms with Crippen molar-refractivity contribution in [2.75, 3.05) is 36.9 Å². The Bertz CT molecular complexity index is 1020. The van der Waals surface area contributed by atoms with Crippen molar-refractivity contribution < 1.29 is 22.7 Å². The van der Waals surface area contributed by atoms with E-state index in [1.165, 1.54) is 31.0 Å². The number of thioether (sulfide) groups is 1. The molecule has 2 aromatic rings. The Balaban J connectivity index is 1.65. The number of rotatable bonds is 13. The first-order chi connectivity index (χ1) is 16.9. The molecule has 1 aliphatic rings. The maximum absolute atomic E-state index is 13.5. The molecule has 0 heterocycles. The van der Waals surface area contributed by atoms with Crippen LogP contribution in [0.1, 0.15) is 45.4 Å². The van der Waals surface area contributed by atoms with E-state index in [4.69, 9.17) is 9.47 Å². The molecule has 1 N–H and O–H groups in total. The van der Waals surface area contributed by atoms with Crippen LogP contribution < -0.4 is 14.4 Å². The highest BCUT2D eigenvalue weighted by atomic mass is 32.2. The van der Waals surface area contributed by atoms with Gasteiger partial charge in [-0.3, -0.25) is 9.10 Å². The molecule has 1 aliphatic carbocycles. The van der Waals surface area contributed by atoms with Crippen molar-refractivity contribution in [1.82, 2.24) is 5.32 Å². The minimum absolute atomic E-state index is 0.137. The van der Waals surface area contributed by atoms with E-state index in [0.717, 1.165) is 22.0 Å². The third-order valence-corrected chi connectivity index (χ3v) is 8.45. The molecule has 0 aromatic heterocycles. The number of carbonyl (C=O) groups is 1. The summed E-state index contributed by atoms with van der Waals surface area (Å²) in [7, 11) is -3.95. The zero-order chi connectivity index (χ0) is 25.1. The second kappa shape index (κ2) is 13.8. The molecule has 9 heteroatoms. The van der Waals surface area contributed by atoms with E-state index in [-0.39, 0.29) is 17.3 Å².